The summed E-state index contributed by atoms with van der Waals surface area (Å²) in [5.74, 6) is -1.27. The molecule has 0 saturated carbocycles. The number of rotatable bonds is 3. The van der Waals surface area contributed by atoms with E-state index in [-0.39, 0.29) is 11.3 Å². The highest BCUT2D eigenvalue weighted by atomic mass is 127. The number of benzene rings is 2. The highest BCUT2D eigenvalue weighted by molar-refractivity contribution is 14.1. The number of likely N-dealkylation sites (N-methyl/N-ethyl adjacent to an activating group) is 1. The first-order chi connectivity index (χ1) is 15.1. The normalized spacial score (nSPS) is 20.9. The van der Waals surface area contributed by atoms with Gasteiger partial charge >= 0.3 is 15.6 Å². The fraction of sp³-hybridized carbons (Fsp3) is 0.300. The van der Waals surface area contributed by atoms with Gasteiger partial charge in [0.2, 0.25) is 5.72 Å². The van der Waals surface area contributed by atoms with Gasteiger partial charge in [-0.2, -0.15) is 21.6 Å². The molecule has 0 aliphatic carbocycles. The molecule has 1 atom stereocenters. The lowest BCUT2D eigenvalue weighted by Crippen LogP contribution is -2.58. The second kappa shape index (κ2) is 7.22. The largest absolute Gasteiger partial charge is 0.534 e. The van der Waals surface area contributed by atoms with Gasteiger partial charge in [-0.1, -0.05) is 0 Å². The molecule has 2 aliphatic rings. The number of alkyl halides is 3. The van der Waals surface area contributed by atoms with Gasteiger partial charge in [-0.05, 0) is 72.4 Å². The molecule has 1 unspecified atom stereocenters. The highest BCUT2D eigenvalue weighted by Gasteiger charge is 2.58. The molecular formula is C20H16F3IN2O6S. The van der Waals surface area contributed by atoms with Gasteiger partial charge in [-0.3, -0.25) is 10.1 Å². The van der Waals surface area contributed by atoms with E-state index < -0.39 is 43.1 Å². The van der Waals surface area contributed by atoms with E-state index in [0.29, 0.717) is 6.07 Å². The van der Waals surface area contributed by atoms with Crippen molar-refractivity contribution in [3.05, 3.63) is 61.2 Å². The van der Waals surface area contributed by atoms with Crippen LogP contribution in [-0.4, -0.2) is 31.6 Å². The Morgan fingerprint density at radius 1 is 1.21 bits per heavy atom. The first kappa shape index (κ1) is 23.6. The average molecular weight is 596 g/mol. The fourth-order valence-electron chi connectivity index (χ4n) is 4.18. The predicted octanol–water partition coefficient (Wildman–Crippen LogP) is 4.96. The molecule has 2 aliphatic heterocycles. The number of anilines is 1. The van der Waals surface area contributed by atoms with E-state index in [2.05, 4.69) is 26.8 Å². The molecule has 2 aromatic carbocycles. The smallest absolute Gasteiger partial charge is 0.459 e. The molecule has 0 saturated heterocycles. The Balaban J connectivity index is 1.90. The quantitative estimate of drug-likeness (QED) is 0.163. The van der Waals surface area contributed by atoms with Crippen molar-refractivity contribution in [1.29, 1.82) is 0 Å². The number of non-ortho nitro benzene ring substituents is 1. The zero-order valence-electron chi connectivity index (χ0n) is 17.3. The Labute approximate surface area is 200 Å². The molecule has 4 rings (SSSR count). The number of ether oxygens (including phenoxy) is 1. The van der Waals surface area contributed by atoms with E-state index in [1.165, 1.54) is 6.08 Å². The van der Waals surface area contributed by atoms with Gasteiger partial charge in [0.15, 0.2) is 11.5 Å². The lowest BCUT2D eigenvalue weighted by molar-refractivity contribution is -0.384. The van der Waals surface area contributed by atoms with Crippen molar-refractivity contribution in [2.24, 2.45) is 0 Å². The summed E-state index contributed by atoms with van der Waals surface area (Å²) in [4.78, 5) is 12.2. The lowest BCUT2D eigenvalue weighted by atomic mass is 9.76. The topological polar surface area (TPSA) is 99.0 Å². The van der Waals surface area contributed by atoms with E-state index in [9.17, 15) is 31.7 Å². The Bertz CT molecular complexity index is 1330. The maximum Gasteiger partial charge on any atom is 0.534 e. The molecule has 176 valence electrons. The highest BCUT2D eigenvalue weighted by Crippen LogP contribution is 2.56. The molecule has 0 N–H and O–H groups in total. The molecule has 1 spiro atoms. The van der Waals surface area contributed by atoms with Crippen LogP contribution >= 0.6 is 22.6 Å². The molecule has 0 bridgehead atoms. The third-order valence-corrected chi connectivity index (χ3v) is 7.53. The van der Waals surface area contributed by atoms with Crippen LogP contribution in [0.4, 0.5) is 24.5 Å². The van der Waals surface area contributed by atoms with Crippen molar-refractivity contribution in [1.82, 2.24) is 0 Å². The van der Waals surface area contributed by atoms with Gasteiger partial charge in [0.05, 0.1) is 16.4 Å². The Kier molecular flexibility index (Phi) is 5.17. The molecule has 0 aromatic heterocycles. The second-order valence-corrected chi connectivity index (χ2v) is 10.9. The minimum absolute atomic E-state index is 0.0111. The van der Waals surface area contributed by atoms with Crippen molar-refractivity contribution < 1.29 is 35.4 Å². The van der Waals surface area contributed by atoms with Crippen molar-refractivity contribution in [2.45, 2.75) is 30.5 Å². The molecule has 2 aromatic rings. The molecule has 0 radical (unpaired) electrons. The summed E-state index contributed by atoms with van der Waals surface area (Å²) in [6.45, 7) is 3.75. The number of nitrogens with zero attached hydrogens (tertiary/aromatic N) is 2. The Hall–Kier alpha value is -2.55. The van der Waals surface area contributed by atoms with Gasteiger partial charge in [0.1, 0.15) is 0 Å². The second-order valence-electron chi connectivity index (χ2n) is 8.08. The minimum atomic E-state index is -6.10. The number of hydrogen-bond acceptors (Lipinski definition) is 7. The molecule has 13 heteroatoms. The van der Waals surface area contributed by atoms with E-state index in [0.717, 1.165) is 20.9 Å². The van der Waals surface area contributed by atoms with Crippen LogP contribution in [0.15, 0.2) is 36.4 Å². The SMILES string of the molecule is CN1c2ccc(I)cc2C(C)(C)C12C=Cc1cc([N+](=O)[O-])cc(OS(=O)(=O)C(F)(F)F)c1O2. The van der Waals surface area contributed by atoms with Crippen LogP contribution in [0.3, 0.4) is 0 Å². The van der Waals surface area contributed by atoms with Crippen LogP contribution in [-0.2, 0) is 15.5 Å². The lowest BCUT2D eigenvalue weighted by Gasteiger charge is -2.45. The first-order valence-electron chi connectivity index (χ1n) is 9.36. The Morgan fingerprint density at radius 3 is 2.48 bits per heavy atom. The van der Waals surface area contributed by atoms with E-state index in [1.54, 1.807) is 18.0 Å². The standard InChI is InChI=1S/C20H16F3IN2O6S/c1-18(2)14-9-12(24)4-5-15(14)25(3)19(18)7-6-11-8-13(26(27)28)10-16(17(11)31-19)32-33(29,30)20(21,22)23/h4-10H,1-3H3. The van der Waals surface area contributed by atoms with Crippen LogP contribution in [0, 0.1) is 13.7 Å². The molecule has 0 fully saturated rings. The monoisotopic (exact) mass is 596 g/mol. The molecule has 8 nitrogen and oxygen atoms in total. The summed E-state index contributed by atoms with van der Waals surface area (Å²) in [6.07, 6.45) is 3.10. The zero-order chi connectivity index (χ0) is 24.6. The summed E-state index contributed by atoms with van der Waals surface area (Å²) in [6, 6.07) is 7.40. The third kappa shape index (κ3) is 3.43. The van der Waals surface area contributed by atoms with Gasteiger partial charge in [-0.25, -0.2) is 0 Å². The van der Waals surface area contributed by atoms with Crippen molar-refractivity contribution in [2.75, 3.05) is 11.9 Å². The van der Waals surface area contributed by atoms with E-state index in [4.69, 9.17) is 4.74 Å². The number of nitro benzene ring substituents is 1. The van der Waals surface area contributed by atoms with Crippen LogP contribution in [0.1, 0.15) is 25.0 Å². The zero-order valence-corrected chi connectivity index (χ0v) is 20.3. The van der Waals surface area contributed by atoms with Crippen LogP contribution < -0.4 is 13.8 Å². The first-order valence-corrected chi connectivity index (χ1v) is 11.8. The van der Waals surface area contributed by atoms with Gasteiger partial charge in [-0.15, -0.1) is 0 Å². The fourth-order valence-corrected chi connectivity index (χ4v) is 5.12. The Morgan fingerprint density at radius 2 is 1.88 bits per heavy atom. The van der Waals surface area contributed by atoms with Crippen molar-refractivity contribution in [3.63, 3.8) is 0 Å². The number of halogens is 4. The summed E-state index contributed by atoms with van der Waals surface area (Å²) in [5, 5.41) is 11.3. The molecule has 2 heterocycles. The summed E-state index contributed by atoms with van der Waals surface area (Å²) in [5.41, 5.74) is -6.70. The summed E-state index contributed by atoms with van der Waals surface area (Å²) >= 11 is 2.16. The maximum atomic E-state index is 13.0. The molecule has 0 amide bonds. The predicted molar refractivity (Wildman–Crippen MR) is 122 cm³/mol. The average Bonchev–Trinajstić information content (AvgIpc) is 2.85. The molecule has 33 heavy (non-hydrogen) atoms. The van der Waals surface area contributed by atoms with E-state index in [1.807, 2.05) is 32.0 Å². The summed E-state index contributed by atoms with van der Waals surface area (Å²) in [7, 11) is -4.37. The number of fused-ring (bicyclic) bond motifs is 2. The van der Waals surface area contributed by atoms with Crippen LogP contribution in [0.2, 0.25) is 0 Å². The number of hydrogen-bond donors (Lipinski definition) is 0. The maximum absolute atomic E-state index is 13.0. The summed E-state index contributed by atoms with van der Waals surface area (Å²) < 4.78 is 73.9. The third-order valence-electron chi connectivity index (χ3n) is 5.90. The minimum Gasteiger partial charge on any atom is -0.459 e. The van der Waals surface area contributed by atoms with Gasteiger partial charge < -0.3 is 13.8 Å². The van der Waals surface area contributed by atoms with Crippen molar-refractivity contribution >= 4 is 50.2 Å². The van der Waals surface area contributed by atoms with Gasteiger partial charge in [0.25, 0.3) is 5.69 Å². The van der Waals surface area contributed by atoms with E-state index >= 15 is 0 Å². The number of nitro groups is 1. The molecular weight excluding hydrogens is 580 g/mol. The van der Waals surface area contributed by atoms with Crippen molar-refractivity contribution in [3.8, 4) is 11.5 Å². The van der Waals surface area contributed by atoms with Gasteiger partial charge in [0, 0.05) is 27.9 Å². The van der Waals surface area contributed by atoms with Crippen LogP contribution in [0.25, 0.3) is 6.08 Å². The van der Waals surface area contributed by atoms with Crippen LogP contribution in [0.5, 0.6) is 11.5 Å².